The van der Waals surface area contributed by atoms with Crippen LogP contribution in [-0.2, 0) is 4.79 Å². The molecule has 0 aliphatic rings. The highest BCUT2D eigenvalue weighted by Gasteiger charge is 1.98. The lowest BCUT2D eigenvalue weighted by atomic mass is 10.3. The van der Waals surface area contributed by atoms with Gasteiger partial charge in [-0.15, -0.1) is 0 Å². The zero-order valence-electron chi connectivity index (χ0n) is 9.25. The molecule has 0 bridgehead atoms. The average Bonchev–Trinajstić information content (AvgIpc) is 2.16. The molecule has 0 amide bonds. The summed E-state index contributed by atoms with van der Waals surface area (Å²) in [6.07, 6.45) is 1.30. The smallest absolute Gasteiger partial charge is 0.304 e. The molecule has 0 spiro atoms. The maximum atomic E-state index is 10.2. The molecule has 0 aromatic carbocycles. The van der Waals surface area contributed by atoms with Gasteiger partial charge in [-0.05, 0) is 32.6 Å². The minimum absolute atomic E-state index is 0.214. The van der Waals surface area contributed by atoms with Crippen molar-refractivity contribution in [1.29, 1.82) is 0 Å². The lowest BCUT2D eigenvalue weighted by Crippen LogP contribution is -2.27. The van der Waals surface area contributed by atoms with Gasteiger partial charge in [0.1, 0.15) is 0 Å². The zero-order valence-corrected chi connectivity index (χ0v) is 9.25. The van der Waals surface area contributed by atoms with Crippen LogP contribution in [0, 0.1) is 0 Å². The molecule has 0 aromatic rings. The summed E-state index contributed by atoms with van der Waals surface area (Å²) in [5.41, 5.74) is 0. The molecule has 0 saturated heterocycles. The van der Waals surface area contributed by atoms with Gasteiger partial charge in [0, 0.05) is 6.54 Å². The topological polar surface area (TPSA) is 52.6 Å². The number of nitrogens with one attached hydrogen (secondary N) is 1. The molecule has 4 heteroatoms. The number of carboxylic acids is 1. The monoisotopic (exact) mass is 202 g/mol. The fourth-order valence-corrected chi connectivity index (χ4v) is 1.29. The largest absolute Gasteiger partial charge is 0.481 e. The second-order valence-electron chi connectivity index (χ2n) is 3.27. The fraction of sp³-hybridized carbons (Fsp3) is 0.900. The van der Waals surface area contributed by atoms with Crippen LogP contribution in [-0.4, -0.2) is 48.7 Å². The molecule has 0 fully saturated rings. The van der Waals surface area contributed by atoms with Crippen LogP contribution in [0.25, 0.3) is 0 Å². The molecule has 0 heterocycles. The van der Waals surface area contributed by atoms with Crippen molar-refractivity contribution in [3.8, 4) is 0 Å². The second-order valence-corrected chi connectivity index (χ2v) is 3.27. The summed E-state index contributed by atoms with van der Waals surface area (Å²) >= 11 is 0. The zero-order chi connectivity index (χ0) is 10.8. The van der Waals surface area contributed by atoms with Gasteiger partial charge in [0.2, 0.25) is 0 Å². The lowest BCUT2D eigenvalue weighted by Gasteiger charge is -2.17. The molecule has 14 heavy (non-hydrogen) atoms. The highest BCUT2D eigenvalue weighted by Crippen LogP contribution is 1.89. The highest BCUT2D eigenvalue weighted by atomic mass is 16.4. The van der Waals surface area contributed by atoms with Crippen LogP contribution in [0.3, 0.4) is 0 Å². The second kappa shape index (κ2) is 8.97. The number of hydrogen-bond acceptors (Lipinski definition) is 3. The molecule has 0 aromatic heterocycles. The Hall–Kier alpha value is -0.610. The van der Waals surface area contributed by atoms with Gasteiger partial charge in [-0.25, -0.2) is 0 Å². The van der Waals surface area contributed by atoms with E-state index in [1.54, 1.807) is 0 Å². The number of aliphatic carboxylic acids is 1. The number of carboxylic acid groups (broad SMARTS) is 1. The summed E-state index contributed by atoms with van der Waals surface area (Å²) in [5, 5.41) is 11.5. The lowest BCUT2D eigenvalue weighted by molar-refractivity contribution is -0.136. The third-order valence-electron chi connectivity index (χ3n) is 2.24. The summed E-state index contributed by atoms with van der Waals surface area (Å²) in [4.78, 5) is 12.5. The Kier molecular flexibility index (Phi) is 8.57. The number of hydrogen-bond donors (Lipinski definition) is 2. The Labute approximate surface area is 86.3 Å². The van der Waals surface area contributed by atoms with Crippen molar-refractivity contribution in [3.05, 3.63) is 0 Å². The summed E-state index contributed by atoms with van der Waals surface area (Å²) in [7, 11) is 0. The quantitative estimate of drug-likeness (QED) is 0.543. The van der Waals surface area contributed by atoms with Crippen molar-refractivity contribution in [3.63, 3.8) is 0 Å². The van der Waals surface area contributed by atoms with Crippen molar-refractivity contribution in [2.75, 3.05) is 32.7 Å². The predicted octanol–water partition coefficient (Wildman–Crippen LogP) is 0.783. The van der Waals surface area contributed by atoms with Crippen molar-refractivity contribution < 1.29 is 9.90 Å². The Morgan fingerprint density at radius 3 is 2.43 bits per heavy atom. The summed E-state index contributed by atoms with van der Waals surface area (Å²) in [6, 6.07) is 0. The SMILES string of the molecule is CCN(CC)CCCNCCC(=O)O. The van der Waals surface area contributed by atoms with Gasteiger partial charge in [-0.1, -0.05) is 13.8 Å². The first kappa shape index (κ1) is 13.4. The number of carbonyl (C=O) groups is 1. The van der Waals surface area contributed by atoms with Gasteiger partial charge in [-0.3, -0.25) is 4.79 Å². The maximum Gasteiger partial charge on any atom is 0.304 e. The van der Waals surface area contributed by atoms with E-state index in [2.05, 4.69) is 24.1 Å². The summed E-state index contributed by atoms with van der Waals surface area (Å²) in [6.45, 7) is 9.06. The third-order valence-corrected chi connectivity index (χ3v) is 2.24. The number of nitrogens with zero attached hydrogens (tertiary/aromatic N) is 1. The molecular formula is C10H22N2O2. The van der Waals surface area contributed by atoms with E-state index in [0.717, 1.165) is 32.6 Å². The summed E-state index contributed by atoms with van der Waals surface area (Å²) in [5.74, 6) is -0.735. The average molecular weight is 202 g/mol. The van der Waals surface area contributed by atoms with Gasteiger partial charge in [0.25, 0.3) is 0 Å². The third kappa shape index (κ3) is 8.01. The molecule has 0 saturated carbocycles. The number of rotatable bonds is 9. The molecule has 0 unspecified atom stereocenters. The molecule has 84 valence electrons. The molecule has 0 aliphatic heterocycles. The van der Waals surface area contributed by atoms with Crippen LogP contribution in [0.1, 0.15) is 26.7 Å². The molecular weight excluding hydrogens is 180 g/mol. The highest BCUT2D eigenvalue weighted by molar-refractivity contribution is 5.66. The molecule has 2 N–H and O–H groups in total. The van der Waals surface area contributed by atoms with Crippen molar-refractivity contribution >= 4 is 5.97 Å². The standard InChI is InChI=1S/C10H22N2O2/c1-3-12(4-2)9-5-7-11-8-6-10(13)14/h11H,3-9H2,1-2H3,(H,13,14). The van der Waals surface area contributed by atoms with E-state index < -0.39 is 5.97 Å². The van der Waals surface area contributed by atoms with Gasteiger partial charge < -0.3 is 15.3 Å². The van der Waals surface area contributed by atoms with Crippen molar-refractivity contribution in [1.82, 2.24) is 10.2 Å². The predicted molar refractivity (Wildman–Crippen MR) is 57.5 cm³/mol. The minimum Gasteiger partial charge on any atom is -0.481 e. The van der Waals surface area contributed by atoms with Gasteiger partial charge in [0.15, 0.2) is 0 Å². The van der Waals surface area contributed by atoms with E-state index >= 15 is 0 Å². The molecule has 0 radical (unpaired) electrons. The first-order valence-corrected chi connectivity index (χ1v) is 5.35. The van der Waals surface area contributed by atoms with E-state index in [1.807, 2.05) is 0 Å². The Balaban J connectivity index is 3.16. The van der Waals surface area contributed by atoms with E-state index in [9.17, 15) is 4.79 Å². The van der Waals surface area contributed by atoms with Crippen LogP contribution in [0.2, 0.25) is 0 Å². The van der Waals surface area contributed by atoms with Crippen LogP contribution >= 0.6 is 0 Å². The van der Waals surface area contributed by atoms with E-state index in [0.29, 0.717) is 6.54 Å². The minimum atomic E-state index is -0.735. The van der Waals surface area contributed by atoms with Crippen LogP contribution < -0.4 is 5.32 Å². The Morgan fingerprint density at radius 2 is 1.93 bits per heavy atom. The maximum absolute atomic E-state index is 10.2. The van der Waals surface area contributed by atoms with E-state index in [-0.39, 0.29) is 6.42 Å². The summed E-state index contributed by atoms with van der Waals surface area (Å²) < 4.78 is 0. The molecule has 0 aliphatic carbocycles. The Bertz CT molecular complexity index is 147. The molecule has 0 rings (SSSR count). The fourth-order valence-electron chi connectivity index (χ4n) is 1.29. The first-order valence-electron chi connectivity index (χ1n) is 5.35. The van der Waals surface area contributed by atoms with Gasteiger partial charge >= 0.3 is 5.97 Å². The van der Waals surface area contributed by atoms with Crippen LogP contribution in [0.15, 0.2) is 0 Å². The molecule has 4 nitrogen and oxygen atoms in total. The van der Waals surface area contributed by atoms with Gasteiger partial charge in [-0.2, -0.15) is 0 Å². The van der Waals surface area contributed by atoms with E-state index in [4.69, 9.17) is 5.11 Å². The van der Waals surface area contributed by atoms with Crippen LogP contribution in [0.5, 0.6) is 0 Å². The van der Waals surface area contributed by atoms with Crippen molar-refractivity contribution in [2.24, 2.45) is 0 Å². The van der Waals surface area contributed by atoms with Crippen molar-refractivity contribution in [2.45, 2.75) is 26.7 Å². The van der Waals surface area contributed by atoms with Crippen LogP contribution in [0.4, 0.5) is 0 Å². The Morgan fingerprint density at radius 1 is 1.29 bits per heavy atom. The first-order chi connectivity index (χ1) is 6.70. The van der Waals surface area contributed by atoms with Gasteiger partial charge in [0.05, 0.1) is 6.42 Å². The van der Waals surface area contributed by atoms with E-state index in [1.165, 1.54) is 0 Å². The normalized spacial score (nSPS) is 10.8. The molecule has 0 atom stereocenters.